The summed E-state index contributed by atoms with van der Waals surface area (Å²) in [7, 11) is -1.39. The SMILES string of the molecule is CCCS(=O)(=O)N1CCC(N(C)C(=O)Nc2ccc(-c3ccccc3)cc2)CC1. The van der Waals surface area contributed by atoms with Crippen LogP contribution in [0.4, 0.5) is 10.5 Å². The van der Waals surface area contributed by atoms with Gasteiger partial charge in [0, 0.05) is 31.9 Å². The van der Waals surface area contributed by atoms with Crippen LogP contribution in [0, 0.1) is 0 Å². The van der Waals surface area contributed by atoms with Gasteiger partial charge in [-0.05, 0) is 42.5 Å². The van der Waals surface area contributed by atoms with Crippen molar-refractivity contribution in [3.05, 3.63) is 54.6 Å². The van der Waals surface area contributed by atoms with Crippen LogP contribution >= 0.6 is 0 Å². The number of anilines is 1. The largest absolute Gasteiger partial charge is 0.325 e. The number of hydrogen-bond acceptors (Lipinski definition) is 3. The van der Waals surface area contributed by atoms with E-state index in [0.717, 1.165) is 16.8 Å². The number of urea groups is 1. The molecule has 7 heteroatoms. The maximum atomic E-state index is 12.6. The third-order valence-corrected chi connectivity index (χ3v) is 7.47. The number of amides is 2. The van der Waals surface area contributed by atoms with Gasteiger partial charge in [0.15, 0.2) is 0 Å². The van der Waals surface area contributed by atoms with E-state index in [1.807, 2.05) is 49.4 Å². The molecule has 0 saturated carbocycles. The maximum absolute atomic E-state index is 12.6. The van der Waals surface area contributed by atoms with E-state index in [1.54, 1.807) is 16.3 Å². The van der Waals surface area contributed by atoms with Crippen molar-refractivity contribution in [3.63, 3.8) is 0 Å². The molecule has 0 bridgehead atoms. The fraction of sp³-hybridized carbons (Fsp3) is 0.409. The molecule has 6 nitrogen and oxygen atoms in total. The molecule has 29 heavy (non-hydrogen) atoms. The third-order valence-electron chi connectivity index (χ3n) is 5.39. The Labute approximate surface area is 173 Å². The van der Waals surface area contributed by atoms with Crippen molar-refractivity contribution in [2.24, 2.45) is 0 Å². The lowest BCUT2D eigenvalue weighted by Crippen LogP contribution is -2.48. The van der Waals surface area contributed by atoms with Crippen molar-refractivity contribution in [2.75, 3.05) is 31.2 Å². The van der Waals surface area contributed by atoms with Gasteiger partial charge in [0.1, 0.15) is 0 Å². The van der Waals surface area contributed by atoms with Crippen molar-refractivity contribution < 1.29 is 13.2 Å². The molecule has 0 radical (unpaired) electrons. The summed E-state index contributed by atoms with van der Waals surface area (Å²) in [5, 5.41) is 2.93. The Bertz CT molecular complexity index is 906. The minimum Gasteiger partial charge on any atom is -0.325 e. The molecular weight excluding hydrogens is 386 g/mol. The van der Waals surface area contributed by atoms with E-state index in [2.05, 4.69) is 17.4 Å². The van der Waals surface area contributed by atoms with E-state index >= 15 is 0 Å². The minimum absolute atomic E-state index is 0.0340. The number of benzene rings is 2. The number of sulfonamides is 1. The van der Waals surface area contributed by atoms with Gasteiger partial charge in [-0.2, -0.15) is 0 Å². The first-order valence-electron chi connectivity index (χ1n) is 10.1. The van der Waals surface area contributed by atoms with Gasteiger partial charge in [0.05, 0.1) is 5.75 Å². The van der Waals surface area contributed by atoms with E-state index in [1.165, 1.54) is 0 Å². The van der Waals surface area contributed by atoms with Crippen LogP contribution in [0.3, 0.4) is 0 Å². The summed E-state index contributed by atoms with van der Waals surface area (Å²) in [6.45, 7) is 2.81. The number of carbonyl (C=O) groups excluding carboxylic acids is 1. The highest BCUT2D eigenvalue weighted by molar-refractivity contribution is 7.89. The third kappa shape index (κ3) is 5.36. The molecule has 1 fully saturated rings. The van der Waals surface area contributed by atoms with Gasteiger partial charge in [0.2, 0.25) is 10.0 Å². The fourth-order valence-electron chi connectivity index (χ4n) is 3.65. The van der Waals surface area contributed by atoms with Crippen LogP contribution in [-0.4, -0.2) is 55.6 Å². The Hall–Kier alpha value is -2.38. The number of nitrogens with one attached hydrogen (secondary N) is 1. The molecule has 156 valence electrons. The quantitative estimate of drug-likeness (QED) is 0.775. The Kier molecular flexibility index (Phi) is 6.92. The molecule has 0 aromatic heterocycles. The summed E-state index contributed by atoms with van der Waals surface area (Å²) in [5.74, 6) is 0.187. The second-order valence-corrected chi connectivity index (χ2v) is 9.52. The fourth-order valence-corrected chi connectivity index (χ4v) is 5.19. The van der Waals surface area contributed by atoms with E-state index in [4.69, 9.17) is 0 Å². The molecule has 0 aliphatic carbocycles. The second-order valence-electron chi connectivity index (χ2n) is 7.43. The first-order chi connectivity index (χ1) is 13.9. The van der Waals surface area contributed by atoms with Crippen molar-refractivity contribution in [2.45, 2.75) is 32.2 Å². The van der Waals surface area contributed by atoms with Crippen LogP contribution in [0.1, 0.15) is 26.2 Å². The van der Waals surface area contributed by atoms with Crippen LogP contribution in [0.25, 0.3) is 11.1 Å². The summed E-state index contributed by atoms with van der Waals surface area (Å²) in [5.41, 5.74) is 2.97. The predicted molar refractivity (Wildman–Crippen MR) is 117 cm³/mol. The monoisotopic (exact) mass is 415 g/mol. The zero-order valence-electron chi connectivity index (χ0n) is 17.0. The molecule has 0 unspecified atom stereocenters. The molecule has 1 saturated heterocycles. The van der Waals surface area contributed by atoms with E-state index in [-0.39, 0.29) is 17.8 Å². The topological polar surface area (TPSA) is 69.7 Å². The number of hydrogen-bond donors (Lipinski definition) is 1. The summed E-state index contributed by atoms with van der Waals surface area (Å²) in [6.07, 6.45) is 1.92. The smallest absolute Gasteiger partial charge is 0.321 e. The van der Waals surface area contributed by atoms with E-state index < -0.39 is 10.0 Å². The van der Waals surface area contributed by atoms with E-state index in [0.29, 0.717) is 32.4 Å². The van der Waals surface area contributed by atoms with Crippen LogP contribution in [0.2, 0.25) is 0 Å². The normalized spacial score (nSPS) is 15.8. The first-order valence-corrected chi connectivity index (χ1v) is 11.7. The van der Waals surface area contributed by atoms with Crippen LogP contribution < -0.4 is 5.32 Å². The molecular formula is C22H29N3O3S. The highest BCUT2D eigenvalue weighted by Crippen LogP contribution is 2.22. The number of carbonyl (C=O) groups is 1. The van der Waals surface area contributed by atoms with Crippen molar-refractivity contribution >= 4 is 21.7 Å². The second kappa shape index (κ2) is 9.41. The first kappa shape index (κ1) is 21.3. The van der Waals surface area contributed by atoms with Crippen molar-refractivity contribution in [1.82, 2.24) is 9.21 Å². The lowest BCUT2D eigenvalue weighted by Gasteiger charge is -2.36. The number of nitrogens with zero attached hydrogens (tertiary/aromatic N) is 2. The maximum Gasteiger partial charge on any atom is 0.321 e. The van der Waals surface area contributed by atoms with Crippen LogP contribution in [-0.2, 0) is 10.0 Å². The standard InChI is InChI=1S/C22H29N3O3S/c1-3-17-29(27,28)25-15-13-21(14-16-25)24(2)22(26)23-20-11-9-19(10-12-20)18-7-5-4-6-8-18/h4-12,21H,3,13-17H2,1-2H3,(H,23,26). The van der Waals surface area contributed by atoms with Gasteiger partial charge in [-0.3, -0.25) is 0 Å². The number of piperidine rings is 1. The lowest BCUT2D eigenvalue weighted by atomic mass is 10.1. The van der Waals surface area contributed by atoms with Gasteiger partial charge in [0.25, 0.3) is 0 Å². The average Bonchev–Trinajstić information content (AvgIpc) is 2.74. The molecule has 1 aliphatic heterocycles. The molecule has 0 atom stereocenters. The Morgan fingerprint density at radius 2 is 1.62 bits per heavy atom. The lowest BCUT2D eigenvalue weighted by molar-refractivity contribution is 0.174. The van der Waals surface area contributed by atoms with Gasteiger partial charge >= 0.3 is 6.03 Å². The molecule has 3 rings (SSSR count). The average molecular weight is 416 g/mol. The molecule has 2 aromatic rings. The highest BCUT2D eigenvalue weighted by Gasteiger charge is 2.30. The summed E-state index contributed by atoms with van der Waals surface area (Å²) < 4.78 is 26.0. The molecule has 1 heterocycles. The highest BCUT2D eigenvalue weighted by atomic mass is 32.2. The van der Waals surface area contributed by atoms with Crippen molar-refractivity contribution in [3.8, 4) is 11.1 Å². The summed E-state index contributed by atoms with van der Waals surface area (Å²) in [6, 6.07) is 17.7. The predicted octanol–water partition coefficient (Wildman–Crippen LogP) is 4.02. The Balaban J connectivity index is 1.55. The molecule has 1 N–H and O–H groups in total. The molecule has 2 amide bonds. The molecule has 2 aromatic carbocycles. The molecule has 0 spiro atoms. The zero-order valence-corrected chi connectivity index (χ0v) is 17.9. The van der Waals surface area contributed by atoms with Crippen LogP contribution in [0.5, 0.6) is 0 Å². The van der Waals surface area contributed by atoms with Crippen molar-refractivity contribution in [1.29, 1.82) is 0 Å². The minimum atomic E-state index is -3.16. The van der Waals surface area contributed by atoms with Gasteiger partial charge in [-0.15, -0.1) is 0 Å². The van der Waals surface area contributed by atoms with Gasteiger partial charge in [-0.25, -0.2) is 17.5 Å². The van der Waals surface area contributed by atoms with E-state index in [9.17, 15) is 13.2 Å². The van der Waals surface area contributed by atoms with Gasteiger partial charge in [-0.1, -0.05) is 49.4 Å². The van der Waals surface area contributed by atoms with Crippen LogP contribution in [0.15, 0.2) is 54.6 Å². The summed E-state index contributed by atoms with van der Waals surface area (Å²) in [4.78, 5) is 14.3. The van der Waals surface area contributed by atoms with Gasteiger partial charge < -0.3 is 10.2 Å². The molecule has 1 aliphatic rings. The Morgan fingerprint density at radius 1 is 1.03 bits per heavy atom. The zero-order chi connectivity index (χ0) is 20.9. The number of rotatable bonds is 6. The Morgan fingerprint density at radius 3 is 2.21 bits per heavy atom. The summed E-state index contributed by atoms with van der Waals surface area (Å²) >= 11 is 0.